The molecule has 1 rings (SSSR count). The van der Waals surface area contributed by atoms with E-state index in [0.29, 0.717) is 12.1 Å². The van der Waals surface area contributed by atoms with Gasteiger partial charge in [-0.05, 0) is 17.7 Å². The lowest BCUT2D eigenvalue weighted by molar-refractivity contribution is -0.128. The Morgan fingerprint density at radius 2 is 1.94 bits per heavy atom. The third kappa shape index (κ3) is 3.87. The Morgan fingerprint density at radius 1 is 1.28 bits per heavy atom. The molecule has 4 nitrogen and oxygen atoms in total. The first kappa shape index (κ1) is 14.2. The summed E-state index contributed by atoms with van der Waals surface area (Å²) in [6.45, 7) is 5.97. The van der Waals surface area contributed by atoms with Crippen molar-refractivity contribution >= 4 is 11.9 Å². The molecule has 0 bridgehead atoms. The van der Waals surface area contributed by atoms with Gasteiger partial charge in [0.05, 0.1) is 12.7 Å². The zero-order chi connectivity index (χ0) is 13.8. The summed E-state index contributed by atoms with van der Waals surface area (Å²) in [5.41, 5.74) is 0.940. The second kappa shape index (κ2) is 5.67. The molecule has 4 heteroatoms. The predicted molar refractivity (Wildman–Crippen MR) is 69.1 cm³/mol. The van der Waals surface area contributed by atoms with Gasteiger partial charge in [-0.15, -0.1) is 0 Å². The molecule has 98 valence electrons. The smallest absolute Gasteiger partial charge is 0.337 e. The average molecular weight is 249 g/mol. The fraction of sp³-hybridized carbons (Fsp3) is 0.429. The lowest BCUT2D eigenvalue weighted by Gasteiger charge is -2.17. The molecule has 1 amide bonds. The number of esters is 1. The van der Waals surface area contributed by atoms with Gasteiger partial charge in [-0.1, -0.05) is 32.9 Å². The molecule has 1 aromatic rings. The summed E-state index contributed by atoms with van der Waals surface area (Å²) in [6, 6.07) is 7.02. The third-order valence-electron chi connectivity index (χ3n) is 2.48. The zero-order valence-electron chi connectivity index (χ0n) is 11.2. The molecule has 0 heterocycles. The maximum absolute atomic E-state index is 11.7. The summed E-state index contributed by atoms with van der Waals surface area (Å²) < 4.78 is 4.64. The van der Waals surface area contributed by atoms with E-state index in [-0.39, 0.29) is 11.9 Å². The van der Waals surface area contributed by atoms with Gasteiger partial charge < -0.3 is 10.1 Å². The van der Waals surface area contributed by atoms with Gasteiger partial charge in [0.15, 0.2) is 0 Å². The molecule has 0 saturated heterocycles. The summed E-state index contributed by atoms with van der Waals surface area (Å²) >= 11 is 0. The van der Waals surface area contributed by atoms with Gasteiger partial charge in [-0.25, -0.2) is 4.79 Å². The summed E-state index contributed by atoms with van der Waals surface area (Å²) in [6.07, 6.45) is 0. The number of methoxy groups -OCH3 is 1. The van der Waals surface area contributed by atoms with Gasteiger partial charge in [0.2, 0.25) is 5.91 Å². The van der Waals surface area contributed by atoms with E-state index in [2.05, 4.69) is 10.1 Å². The van der Waals surface area contributed by atoms with Crippen molar-refractivity contribution in [3.05, 3.63) is 35.4 Å². The zero-order valence-corrected chi connectivity index (χ0v) is 11.2. The topological polar surface area (TPSA) is 55.4 Å². The minimum Gasteiger partial charge on any atom is -0.465 e. The normalized spacial score (nSPS) is 10.9. The van der Waals surface area contributed by atoms with Crippen molar-refractivity contribution < 1.29 is 14.3 Å². The van der Waals surface area contributed by atoms with E-state index < -0.39 is 5.41 Å². The second-order valence-electron chi connectivity index (χ2n) is 5.12. The maximum atomic E-state index is 11.7. The molecule has 1 aromatic carbocycles. The van der Waals surface area contributed by atoms with E-state index in [1.54, 1.807) is 18.2 Å². The van der Waals surface area contributed by atoms with Crippen molar-refractivity contribution in [1.29, 1.82) is 0 Å². The average Bonchev–Trinajstić information content (AvgIpc) is 2.34. The second-order valence-corrected chi connectivity index (χ2v) is 5.12. The highest BCUT2D eigenvalue weighted by Gasteiger charge is 2.20. The lowest BCUT2D eigenvalue weighted by Crippen LogP contribution is -2.34. The number of nitrogens with one attached hydrogen (secondary N) is 1. The van der Waals surface area contributed by atoms with Crippen molar-refractivity contribution in [2.45, 2.75) is 27.3 Å². The molecule has 0 aromatic heterocycles. The van der Waals surface area contributed by atoms with Gasteiger partial charge in [0.25, 0.3) is 0 Å². The van der Waals surface area contributed by atoms with Crippen LogP contribution < -0.4 is 5.32 Å². The lowest BCUT2D eigenvalue weighted by atomic mass is 9.95. The number of ether oxygens (including phenoxy) is 1. The van der Waals surface area contributed by atoms with Crippen LogP contribution in [0.3, 0.4) is 0 Å². The largest absolute Gasteiger partial charge is 0.465 e. The van der Waals surface area contributed by atoms with E-state index in [1.807, 2.05) is 26.8 Å². The summed E-state index contributed by atoms with van der Waals surface area (Å²) in [7, 11) is 1.34. The van der Waals surface area contributed by atoms with Crippen LogP contribution in [0.1, 0.15) is 36.7 Å². The van der Waals surface area contributed by atoms with Crippen LogP contribution in [0.15, 0.2) is 24.3 Å². The van der Waals surface area contributed by atoms with Crippen LogP contribution in [0.25, 0.3) is 0 Å². The van der Waals surface area contributed by atoms with Crippen molar-refractivity contribution in [2.75, 3.05) is 7.11 Å². The Labute approximate surface area is 107 Å². The number of carbonyl (C=O) groups is 2. The van der Waals surface area contributed by atoms with E-state index in [9.17, 15) is 9.59 Å². The number of benzene rings is 1. The number of amides is 1. The van der Waals surface area contributed by atoms with E-state index >= 15 is 0 Å². The van der Waals surface area contributed by atoms with Crippen molar-refractivity contribution in [3.8, 4) is 0 Å². The molecule has 0 aliphatic carbocycles. The molecular formula is C14H19NO3. The van der Waals surface area contributed by atoms with Crippen LogP contribution in [0.2, 0.25) is 0 Å². The number of carbonyl (C=O) groups excluding carboxylic acids is 2. The molecular weight excluding hydrogens is 230 g/mol. The highest BCUT2D eigenvalue weighted by atomic mass is 16.5. The van der Waals surface area contributed by atoms with Crippen LogP contribution in [0.5, 0.6) is 0 Å². The molecule has 0 unspecified atom stereocenters. The minimum atomic E-state index is -0.417. The molecule has 0 atom stereocenters. The number of hydrogen-bond donors (Lipinski definition) is 1. The van der Waals surface area contributed by atoms with Crippen molar-refractivity contribution in [1.82, 2.24) is 5.32 Å². The fourth-order valence-corrected chi connectivity index (χ4v) is 1.37. The Kier molecular flexibility index (Phi) is 4.48. The van der Waals surface area contributed by atoms with Crippen LogP contribution in [-0.4, -0.2) is 19.0 Å². The fourth-order valence-electron chi connectivity index (χ4n) is 1.37. The Balaban J connectivity index is 2.69. The van der Waals surface area contributed by atoms with Gasteiger partial charge in [0.1, 0.15) is 0 Å². The minimum absolute atomic E-state index is 0.0222. The van der Waals surface area contributed by atoms with Crippen molar-refractivity contribution in [2.24, 2.45) is 5.41 Å². The van der Waals surface area contributed by atoms with Gasteiger partial charge in [-0.2, -0.15) is 0 Å². The quantitative estimate of drug-likeness (QED) is 0.835. The van der Waals surface area contributed by atoms with Gasteiger partial charge in [-0.3, -0.25) is 4.79 Å². The molecule has 0 fully saturated rings. The third-order valence-corrected chi connectivity index (χ3v) is 2.48. The summed E-state index contributed by atoms with van der Waals surface area (Å²) in [4.78, 5) is 23.1. The molecule has 0 aliphatic heterocycles. The van der Waals surface area contributed by atoms with Crippen LogP contribution in [0.4, 0.5) is 0 Å². The van der Waals surface area contributed by atoms with E-state index in [0.717, 1.165) is 5.56 Å². The summed E-state index contributed by atoms with van der Waals surface area (Å²) in [5, 5.41) is 2.83. The first-order valence-corrected chi connectivity index (χ1v) is 5.80. The predicted octanol–water partition coefficient (Wildman–Crippen LogP) is 2.14. The van der Waals surface area contributed by atoms with Crippen LogP contribution in [-0.2, 0) is 16.1 Å². The Bertz CT molecular complexity index is 447. The number of hydrogen-bond acceptors (Lipinski definition) is 3. The van der Waals surface area contributed by atoms with Crippen LogP contribution in [0, 0.1) is 5.41 Å². The SMILES string of the molecule is COC(=O)c1cccc(CNC(=O)C(C)(C)C)c1. The molecule has 0 radical (unpaired) electrons. The van der Waals surface area contributed by atoms with Crippen molar-refractivity contribution in [3.63, 3.8) is 0 Å². The standard InChI is InChI=1S/C14H19NO3/c1-14(2,3)13(17)15-9-10-6-5-7-11(8-10)12(16)18-4/h5-8H,9H2,1-4H3,(H,15,17). The Morgan fingerprint density at radius 3 is 2.50 bits per heavy atom. The summed E-state index contributed by atoms with van der Waals surface area (Å²) in [5.74, 6) is -0.398. The highest BCUT2D eigenvalue weighted by molar-refractivity contribution is 5.89. The monoisotopic (exact) mass is 249 g/mol. The van der Waals surface area contributed by atoms with Crippen LogP contribution >= 0.6 is 0 Å². The van der Waals surface area contributed by atoms with E-state index in [4.69, 9.17) is 0 Å². The van der Waals surface area contributed by atoms with Gasteiger partial charge >= 0.3 is 5.97 Å². The Hall–Kier alpha value is -1.84. The molecule has 1 N–H and O–H groups in total. The molecule has 0 aliphatic rings. The molecule has 0 saturated carbocycles. The maximum Gasteiger partial charge on any atom is 0.337 e. The van der Waals surface area contributed by atoms with E-state index in [1.165, 1.54) is 7.11 Å². The molecule has 18 heavy (non-hydrogen) atoms. The van der Waals surface area contributed by atoms with Gasteiger partial charge in [0, 0.05) is 12.0 Å². The number of rotatable bonds is 3. The first-order valence-electron chi connectivity index (χ1n) is 5.80. The molecule has 0 spiro atoms. The highest BCUT2D eigenvalue weighted by Crippen LogP contribution is 2.13. The first-order chi connectivity index (χ1) is 8.34.